The van der Waals surface area contributed by atoms with E-state index in [1.165, 1.54) is 47.4 Å². The Morgan fingerprint density at radius 1 is 1.04 bits per heavy atom. The lowest BCUT2D eigenvalue weighted by Gasteiger charge is -2.25. The van der Waals surface area contributed by atoms with Crippen LogP contribution in [0.5, 0.6) is 0 Å². The molecule has 5 heteroatoms. The molecule has 0 atom stereocenters. The zero-order valence-electron chi connectivity index (χ0n) is 15.6. The molecule has 0 radical (unpaired) electrons. The van der Waals surface area contributed by atoms with Crippen LogP contribution in [0, 0.1) is 17.0 Å². The number of nitro groups is 1. The van der Waals surface area contributed by atoms with Gasteiger partial charge in [0.15, 0.2) is 0 Å². The van der Waals surface area contributed by atoms with Crippen molar-refractivity contribution in [1.82, 2.24) is 0 Å². The standard InChI is InChI=1S/C18H15Cl.C5H5NO3/c19-18-7-3-6-14-16-9-8-12-4-1-2-5-13(12)15(16)10-11-17(14)18;1-4-2-5(6(7)8)9-3-4/h1,3-4,6-9H,2,5,10-11H2;2-3H,1H3. The second kappa shape index (κ2) is 7.64. The molecule has 5 rings (SSSR count). The summed E-state index contributed by atoms with van der Waals surface area (Å²) in [7, 11) is 0. The minimum atomic E-state index is -0.562. The van der Waals surface area contributed by atoms with Gasteiger partial charge >= 0.3 is 5.88 Å². The lowest BCUT2D eigenvalue weighted by atomic mass is 9.80. The van der Waals surface area contributed by atoms with Crippen molar-refractivity contribution in [2.45, 2.75) is 32.6 Å². The van der Waals surface area contributed by atoms with Gasteiger partial charge < -0.3 is 4.42 Å². The van der Waals surface area contributed by atoms with Gasteiger partial charge in [-0.15, -0.1) is 0 Å². The third-order valence-corrected chi connectivity index (χ3v) is 5.61. The number of halogens is 1. The Morgan fingerprint density at radius 2 is 1.82 bits per heavy atom. The molecule has 28 heavy (non-hydrogen) atoms. The maximum Gasteiger partial charge on any atom is 0.433 e. The van der Waals surface area contributed by atoms with Crippen LogP contribution in [0.3, 0.4) is 0 Å². The molecule has 2 aliphatic carbocycles. The number of fused-ring (bicyclic) bond motifs is 5. The fourth-order valence-corrected chi connectivity index (χ4v) is 4.23. The van der Waals surface area contributed by atoms with Gasteiger partial charge in [-0.05, 0) is 77.6 Å². The summed E-state index contributed by atoms with van der Waals surface area (Å²) in [4.78, 5) is 9.36. The van der Waals surface area contributed by atoms with Gasteiger partial charge in [-0.3, -0.25) is 10.1 Å². The number of allylic oxidation sites excluding steroid dienone is 1. The molecule has 0 saturated heterocycles. The van der Waals surface area contributed by atoms with Crippen LogP contribution in [-0.2, 0) is 19.3 Å². The van der Waals surface area contributed by atoms with Gasteiger partial charge in [0.25, 0.3) is 0 Å². The van der Waals surface area contributed by atoms with Crippen molar-refractivity contribution < 1.29 is 9.34 Å². The quantitative estimate of drug-likeness (QED) is 0.347. The second-order valence-corrected chi connectivity index (χ2v) is 7.49. The Hall–Kier alpha value is -2.85. The lowest BCUT2D eigenvalue weighted by molar-refractivity contribution is -0.402. The van der Waals surface area contributed by atoms with Gasteiger partial charge in [-0.1, -0.05) is 48.0 Å². The smallest absolute Gasteiger partial charge is 0.409 e. The van der Waals surface area contributed by atoms with E-state index in [0.717, 1.165) is 23.4 Å². The molecule has 0 bridgehead atoms. The minimum absolute atomic E-state index is 0.201. The molecule has 0 unspecified atom stereocenters. The molecule has 1 aromatic heterocycles. The van der Waals surface area contributed by atoms with Crippen LogP contribution in [0.15, 0.2) is 53.2 Å². The van der Waals surface area contributed by atoms with Crippen molar-refractivity contribution >= 4 is 23.6 Å². The van der Waals surface area contributed by atoms with Crippen LogP contribution in [-0.4, -0.2) is 4.92 Å². The van der Waals surface area contributed by atoms with E-state index in [-0.39, 0.29) is 5.88 Å². The average Bonchev–Trinajstić information content (AvgIpc) is 3.15. The number of rotatable bonds is 1. The fraction of sp³-hybridized carbons (Fsp3) is 0.217. The number of furan rings is 1. The Morgan fingerprint density at radius 3 is 2.54 bits per heavy atom. The SMILES string of the molecule is Cc1coc([N+](=O)[O-])c1.Clc1cccc2c1CCc1c-2ccc2c1CCC=C2. The van der Waals surface area contributed by atoms with Gasteiger partial charge in [-0.2, -0.15) is 0 Å². The molecule has 2 aromatic carbocycles. The first kappa shape index (κ1) is 18.5. The largest absolute Gasteiger partial charge is 0.433 e. The summed E-state index contributed by atoms with van der Waals surface area (Å²) in [5.41, 5.74) is 9.35. The molecule has 2 aliphatic rings. The highest BCUT2D eigenvalue weighted by atomic mass is 35.5. The monoisotopic (exact) mass is 393 g/mol. The fourth-order valence-electron chi connectivity index (χ4n) is 3.97. The molecule has 0 N–H and O–H groups in total. The van der Waals surface area contributed by atoms with E-state index in [4.69, 9.17) is 11.6 Å². The molecule has 3 aromatic rings. The van der Waals surface area contributed by atoms with Crippen LogP contribution in [0.2, 0.25) is 5.02 Å². The van der Waals surface area contributed by atoms with Crippen LogP contribution in [0.1, 0.15) is 34.2 Å². The summed E-state index contributed by atoms with van der Waals surface area (Å²) in [6, 6.07) is 12.2. The van der Waals surface area contributed by atoms with Crippen molar-refractivity contribution in [2.75, 3.05) is 0 Å². The highest BCUT2D eigenvalue weighted by Gasteiger charge is 2.22. The first-order chi connectivity index (χ1) is 13.5. The number of hydrogen-bond acceptors (Lipinski definition) is 3. The number of benzene rings is 2. The average molecular weight is 394 g/mol. The Bertz CT molecular complexity index is 1080. The summed E-state index contributed by atoms with van der Waals surface area (Å²) >= 11 is 6.34. The summed E-state index contributed by atoms with van der Waals surface area (Å²) in [5.74, 6) is -0.201. The van der Waals surface area contributed by atoms with Crippen molar-refractivity contribution in [3.05, 3.63) is 91.7 Å². The van der Waals surface area contributed by atoms with Gasteiger partial charge in [0.05, 0.1) is 6.07 Å². The normalized spacial score (nSPS) is 13.6. The van der Waals surface area contributed by atoms with Crippen LogP contribution < -0.4 is 0 Å². The summed E-state index contributed by atoms with van der Waals surface area (Å²) in [5, 5.41) is 10.8. The van der Waals surface area contributed by atoms with E-state index < -0.39 is 4.92 Å². The summed E-state index contributed by atoms with van der Waals surface area (Å²) in [6.07, 6.45) is 10.5. The third-order valence-electron chi connectivity index (χ3n) is 5.26. The lowest BCUT2D eigenvalue weighted by Crippen LogP contribution is -2.10. The van der Waals surface area contributed by atoms with Crippen molar-refractivity contribution in [3.63, 3.8) is 0 Å². The van der Waals surface area contributed by atoms with Crippen LogP contribution >= 0.6 is 11.6 Å². The molecule has 0 spiro atoms. The Labute approximate surface area is 168 Å². The Kier molecular flexibility index (Phi) is 5.05. The molecule has 4 nitrogen and oxygen atoms in total. The van der Waals surface area contributed by atoms with Gasteiger partial charge in [-0.25, -0.2) is 0 Å². The summed E-state index contributed by atoms with van der Waals surface area (Å²) < 4.78 is 4.53. The molecule has 0 saturated carbocycles. The van der Waals surface area contributed by atoms with E-state index in [9.17, 15) is 10.1 Å². The first-order valence-electron chi connectivity index (χ1n) is 9.33. The first-order valence-corrected chi connectivity index (χ1v) is 9.71. The van der Waals surface area contributed by atoms with Crippen LogP contribution in [0.25, 0.3) is 17.2 Å². The molecular weight excluding hydrogens is 374 g/mol. The maximum atomic E-state index is 9.93. The van der Waals surface area contributed by atoms with E-state index in [1.807, 2.05) is 6.07 Å². The van der Waals surface area contributed by atoms with Gasteiger partial charge in [0.2, 0.25) is 0 Å². The van der Waals surface area contributed by atoms with Crippen molar-refractivity contribution in [3.8, 4) is 11.1 Å². The second-order valence-electron chi connectivity index (χ2n) is 7.09. The molecule has 0 aliphatic heterocycles. The van der Waals surface area contributed by atoms with Crippen LogP contribution in [0.4, 0.5) is 5.88 Å². The topological polar surface area (TPSA) is 56.3 Å². The molecular formula is C23H20ClNO3. The number of nitrogens with zero attached hydrogens (tertiary/aromatic N) is 1. The molecule has 0 amide bonds. The minimum Gasteiger partial charge on any atom is -0.409 e. The van der Waals surface area contributed by atoms with Gasteiger partial charge in [0.1, 0.15) is 11.2 Å². The maximum absolute atomic E-state index is 9.93. The Balaban J connectivity index is 0.000000181. The summed E-state index contributed by atoms with van der Waals surface area (Å²) in [6.45, 7) is 1.73. The van der Waals surface area contributed by atoms with E-state index in [2.05, 4.69) is 40.8 Å². The molecule has 0 fully saturated rings. The van der Waals surface area contributed by atoms with Crippen molar-refractivity contribution in [1.29, 1.82) is 0 Å². The number of hydrogen-bond donors (Lipinski definition) is 0. The predicted molar refractivity (Wildman–Crippen MR) is 112 cm³/mol. The highest BCUT2D eigenvalue weighted by Crippen LogP contribution is 2.40. The highest BCUT2D eigenvalue weighted by molar-refractivity contribution is 6.31. The van der Waals surface area contributed by atoms with E-state index in [1.54, 1.807) is 18.1 Å². The molecule has 142 valence electrons. The van der Waals surface area contributed by atoms with E-state index in [0.29, 0.717) is 0 Å². The van der Waals surface area contributed by atoms with Gasteiger partial charge in [0, 0.05) is 5.02 Å². The predicted octanol–water partition coefficient (Wildman–Crippen LogP) is 6.56. The zero-order chi connectivity index (χ0) is 19.7. The van der Waals surface area contributed by atoms with E-state index >= 15 is 0 Å². The zero-order valence-corrected chi connectivity index (χ0v) is 16.3. The number of aryl methyl sites for hydroxylation is 1. The third kappa shape index (κ3) is 3.48. The van der Waals surface area contributed by atoms with Crippen molar-refractivity contribution in [2.24, 2.45) is 0 Å². The molecule has 1 heterocycles.